The Balaban J connectivity index is 1.56. The van der Waals surface area contributed by atoms with E-state index in [9.17, 15) is 14.4 Å². The molecule has 0 saturated carbocycles. The third-order valence-corrected chi connectivity index (χ3v) is 5.79. The van der Waals surface area contributed by atoms with E-state index in [4.69, 9.17) is 27.9 Å². The highest BCUT2D eigenvalue weighted by molar-refractivity contribution is 6.39. The number of ether oxygens (including phenoxy) is 1. The molecule has 0 aliphatic carbocycles. The molecule has 4 aromatic carbocycles. The summed E-state index contributed by atoms with van der Waals surface area (Å²) in [4.78, 5) is 37.3. The Morgan fingerprint density at radius 1 is 0.889 bits per heavy atom. The Kier molecular flexibility index (Phi) is 7.63. The molecule has 0 aliphatic rings. The van der Waals surface area contributed by atoms with Gasteiger partial charge in [-0.25, -0.2) is 10.2 Å². The fraction of sp³-hybridized carbons (Fsp3) is 0.0370. The number of rotatable bonds is 5. The number of fused-ring (bicyclic) bond motifs is 1. The highest BCUT2D eigenvalue weighted by Crippen LogP contribution is 2.29. The second-order valence-electron chi connectivity index (χ2n) is 7.68. The SMILES string of the molecule is Cc1ccccc1NC(=O)C(=O)N/N=C\c1c(OC(=O)c2ccc(Cl)cc2Cl)ccc2ccccc12. The predicted octanol–water partition coefficient (Wildman–Crippen LogP) is 5.76. The van der Waals surface area contributed by atoms with E-state index < -0.39 is 17.8 Å². The number of aryl methyl sites for hydroxylation is 1. The maximum absolute atomic E-state index is 12.8. The Morgan fingerprint density at radius 2 is 1.64 bits per heavy atom. The largest absolute Gasteiger partial charge is 0.422 e. The molecule has 0 heterocycles. The summed E-state index contributed by atoms with van der Waals surface area (Å²) >= 11 is 12.1. The van der Waals surface area contributed by atoms with Crippen LogP contribution in [0, 0.1) is 6.92 Å². The molecule has 36 heavy (non-hydrogen) atoms. The number of anilines is 1. The van der Waals surface area contributed by atoms with Crippen molar-refractivity contribution in [2.45, 2.75) is 6.92 Å². The van der Waals surface area contributed by atoms with Gasteiger partial charge < -0.3 is 10.1 Å². The zero-order chi connectivity index (χ0) is 25.7. The van der Waals surface area contributed by atoms with Crippen LogP contribution >= 0.6 is 23.2 Å². The number of benzene rings is 4. The molecule has 0 spiro atoms. The second kappa shape index (κ2) is 11.0. The van der Waals surface area contributed by atoms with Crippen molar-refractivity contribution < 1.29 is 19.1 Å². The molecule has 4 rings (SSSR count). The number of nitrogens with one attached hydrogen (secondary N) is 2. The molecule has 2 amide bonds. The van der Waals surface area contributed by atoms with Crippen LogP contribution in [0.3, 0.4) is 0 Å². The van der Waals surface area contributed by atoms with Crippen molar-refractivity contribution in [3.63, 3.8) is 0 Å². The average molecular weight is 520 g/mol. The van der Waals surface area contributed by atoms with E-state index in [1.807, 2.05) is 43.3 Å². The third kappa shape index (κ3) is 5.71. The molecular formula is C27H19Cl2N3O4. The summed E-state index contributed by atoms with van der Waals surface area (Å²) in [5, 5.41) is 8.57. The molecule has 180 valence electrons. The molecule has 0 atom stereocenters. The van der Waals surface area contributed by atoms with Gasteiger partial charge in [0.05, 0.1) is 16.8 Å². The van der Waals surface area contributed by atoms with Crippen LogP contribution in [-0.4, -0.2) is 24.0 Å². The zero-order valence-corrected chi connectivity index (χ0v) is 20.4. The fourth-order valence-electron chi connectivity index (χ4n) is 3.41. The van der Waals surface area contributed by atoms with Crippen molar-refractivity contribution in [1.82, 2.24) is 5.43 Å². The molecular weight excluding hydrogens is 501 g/mol. The van der Waals surface area contributed by atoms with Crippen molar-refractivity contribution >= 4 is 63.7 Å². The van der Waals surface area contributed by atoms with Crippen LogP contribution in [0.25, 0.3) is 10.8 Å². The topological polar surface area (TPSA) is 96.9 Å². The molecule has 0 radical (unpaired) electrons. The number of halogens is 2. The highest BCUT2D eigenvalue weighted by atomic mass is 35.5. The first-order chi connectivity index (χ1) is 17.3. The Labute approximate surface area is 216 Å². The Bertz CT molecular complexity index is 1520. The van der Waals surface area contributed by atoms with E-state index in [-0.39, 0.29) is 16.3 Å². The summed E-state index contributed by atoms with van der Waals surface area (Å²) in [6.07, 6.45) is 1.31. The van der Waals surface area contributed by atoms with Gasteiger partial charge >= 0.3 is 17.8 Å². The van der Waals surface area contributed by atoms with E-state index in [1.54, 1.807) is 24.3 Å². The van der Waals surface area contributed by atoms with Gasteiger partial charge in [0.15, 0.2) is 0 Å². The van der Waals surface area contributed by atoms with Gasteiger partial charge in [-0.05, 0) is 53.6 Å². The molecule has 0 bridgehead atoms. The van der Waals surface area contributed by atoms with Crippen LogP contribution in [0.1, 0.15) is 21.5 Å². The number of hydrogen-bond donors (Lipinski definition) is 2. The van der Waals surface area contributed by atoms with Crippen molar-refractivity contribution in [3.05, 3.63) is 106 Å². The van der Waals surface area contributed by atoms with Crippen LogP contribution in [0.2, 0.25) is 10.0 Å². The van der Waals surface area contributed by atoms with Crippen LogP contribution in [-0.2, 0) is 9.59 Å². The van der Waals surface area contributed by atoms with Gasteiger partial charge in [-0.3, -0.25) is 9.59 Å². The predicted molar refractivity (Wildman–Crippen MR) is 141 cm³/mol. The number of para-hydroxylation sites is 1. The summed E-state index contributed by atoms with van der Waals surface area (Å²) in [7, 11) is 0. The van der Waals surface area contributed by atoms with Crippen molar-refractivity contribution in [2.75, 3.05) is 5.32 Å². The quantitative estimate of drug-likeness (QED) is 0.115. The normalized spacial score (nSPS) is 10.9. The molecule has 9 heteroatoms. The van der Waals surface area contributed by atoms with Crippen LogP contribution in [0.5, 0.6) is 5.75 Å². The number of hydrazone groups is 1. The van der Waals surface area contributed by atoms with Gasteiger partial charge in [0.25, 0.3) is 0 Å². The molecule has 4 aromatic rings. The average Bonchev–Trinajstić information content (AvgIpc) is 2.86. The molecule has 0 fully saturated rings. The van der Waals surface area contributed by atoms with E-state index >= 15 is 0 Å². The number of carbonyl (C=O) groups is 3. The number of hydrogen-bond acceptors (Lipinski definition) is 5. The summed E-state index contributed by atoms with van der Waals surface area (Å²) in [6, 6.07) is 22.3. The number of amides is 2. The summed E-state index contributed by atoms with van der Waals surface area (Å²) < 4.78 is 5.61. The monoisotopic (exact) mass is 519 g/mol. The zero-order valence-electron chi connectivity index (χ0n) is 18.9. The molecule has 7 nitrogen and oxygen atoms in total. The van der Waals surface area contributed by atoms with Crippen LogP contribution in [0.15, 0.2) is 84.0 Å². The first-order valence-electron chi connectivity index (χ1n) is 10.7. The smallest absolute Gasteiger partial charge is 0.345 e. The van der Waals surface area contributed by atoms with Gasteiger partial charge in [-0.15, -0.1) is 0 Å². The highest BCUT2D eigenvalue weighted by Gasteiger charge is 2.17. The Hall–Kier alpha value is -4.20. The standard InChI is InChI=1S/C27H19Cl2N3O4/c1-16-6-2-5-9-23(16)31-25(33)26(34)32-30-15-21-19-8-4-3-7-17(19)10-13-24(21)36-27(35)20-12-11-18(28)14-22(20)29/h2-15H,1H3,(H,31,33)(H,32,34)/b30-15-. The minimum absolute atomic E-state index is 0.137. The first-order valence-corrected chi connectivity index (χ1v) is 11.5. The lowest BCUT2D eigenvalue weighted by Crippen LogP contribution is -2.32. The minimum Gasteiger partial charge on any atom is -0.422 e. The molecule has 0 saturated heterocycles. The first kappa shape index (κ1) is 24.9. The lowest BCUT2D eigenvalue weighted by Gasteiger charge is -2.11. The van der Waals surface area contributed by atoms with Gasteiger partial charge in [0.2, 0.25) is 0 Å². The summed E-state index contributed by atoms with van der Waals surface area (Å²) in [5.74, 6) is -2.33. The fourth-order valence-corrected chi connectivity index (χ4v) is 3.89. The van der Waals surface area contributed by atoms with Gasteiger partial charge in [0.1, 0.15) is 5.75 Å². The van der Waals surface area contributed by atoms with Gasteiger partial charge in [-0.1, -0.05) is 71.7 Å². The summed E-state index contributed by atoms with van der Waals surface area (Å²) in [5.41, 5.74) is 4.09. The minimum atomic E-state index is -0.957. The molecule has 2 N–H and O–H groups in total. The second-order valence-corrected chi connectivity index (χ2v) is 8.52. The molecule has 0 unspecified atom stereocenters. The van der Waals surface area contributed by atoms with Crippen molar-refractivity contribution in [2.24, 2.45) is 5.10 Å². The van der Waals surface area contributed by atoms with E-state index in [1.165, 1.54) is 24.4 Å². The van der Waals surface area contributed by atoms with Crippen LogP contribution < -0.4 is 15.5 Å². The molecule has 0 aliphatic heterocycles. The maximum Gasteiger partial charge on any atom is 0.345 e. The van der Waals surface area contributed by atoms with Crippen molar-refractivity contribution in [3.8, 4) is 5.75 Å². The summed E-state index contributed by atoms with van der Waals surface area (Å²) in [6.45, 7) is 1.81. The van der Waals surface area contributed by atoms with E-state index in [0.29, 0.717) is 21.7 Å². The number of nitrogens with zero attached hydrogens (tertiary/aromatic N) is 1. The van der Waals surface area contributed by atoms with Crippen molar-refractivity contribution in [1.29, 1.82) is 0 Å². The van der Waals surface area contributed by atoms with E-state index in [2.05, 4.69) is 15.8 Å². The lowest BCUT2D eigenvalue weighted by molar-refractivity contribution is -0.136. The van der Waals surface area contributed by atoms with Gasteiger partial charge in [-0.2, -0.15) is 5.10 Å². The molecule has 0 aromatic heterocycles. The Morgan fingerprint density at radius 3 is 2.42 bits per heavy atom. The maximum atomic E-state index is 12.8. The van der Waals surface area contributed by atoms with Gasteiger partial charge in [0, 0.05) is 16.3 Å². The van der Waals surface area contributed by atoms with E-state index in [0.717, 1.165) is 10.9 Å². The number of carbonyl (C=O) groups excluding carboxylic acids is 3. The van der Waals surface area contributed by atoms with Crippen LogP contribution in [0.4, 0.5) is 5.69 Å². The lowest BCUT2D eigenvalue weighted by atomic mass is 10.0. The third-order valence-electron chi connectivity index (χ3n) is 5.24. The number of esters is 1.